The Bertz CT molecular complexity index is 496. The van der Waals surface area contributed by atoms with Crippen LogP contribution in [0.15, 0.2) is 18.2 Å². The number of hydrogen-bond donors (Lipinski definition) is 2. The average molecular weight is 296 g/mol. The third-order valence-electron chi connectivity index (χ3n) is 3.20. The summed E-state index contributed by atoms with van der Waals surface area (Å²) < 4.78 is 5.02. The van der Waals surface area contributed by atoms with E-state index in [1.54, 1.807) is 7.11 Å². The van der Waals surface area contributed by atoms with Gasteiger partial charge in [-0.2, -0.15) is 0 Å². The molecule has 0 bridgehead atoms. The summed E-state index contributed by atoms with van der Waals surface area (Å²) >= 11 is 0. The molecule has 0 fully saturated rings. The van der Waals surface area contributed by atoms with E-state index in [9.17, 15) is 14.9 Å². The van der Waals surface area contributed by atoms with E-state index in [4.69, 9.17) is 9.84 Å². The Labute approximate surface area is 123 Å². The molecule has 0 aromatic heterocycles. The fourth-order valence-electron chi connectivity index (χ4n) is 1.85. The fourth-order valence-corrected chi connectivity index (χ4v) is 1.85. The molecule has 0 radical (unpaired) electrons. The van der Waals surface area contributed by atoms with Crippen LogP contribution in [0.2, 0.25) is 0 Å². The number of nitrogens with zero attached hydrogens (tertiary/aromatic N) is 1. The molecule has 21 heavy (non-hydrogen) atoms. The minimum atomic E-state index is -1.20. The second kappa shape index (κ2) is 7.03. The maximum Gasteiger partial charge on any atom is 0.338 e. The molecule has 0 heterocycles. The molecule has 1 rings (SSSR count). The van der Waals surface area contributed by atoms with E-state index >= 15 is 0 Å². The lowest BCUT2D eigenvalue weighted by atomic mass is 9.89. The zero-order valence-electron chi connectivity index (χ0n) is 12.4. The van der Waals surface area contributed by atoms with Gasteiger partial charge in [0.2, 0.25) is 0 Å². The number of methoxy groups -OCH3 is 1. The van der Waals surface area contributed by atoms with Gasteiger partial charge in [-0.25, -0.2) is 4.79 Å². The van der Waals surface area contributed by atoms with Crippen molar-refractivity contribution in [2.24, 2.45) is 5.41 Å². The van der Waals surface area contributed by atoms with Crippen LogP contribution in [0.25, 0.3) is 0 Å². The molecule has 0 atom stereocenters. The number of nitrogens with one attached hydrogen (secondary N) is 1. The van der Waals surface area contributed by atoms with Crippen LogP contribution in [-0.2, 0) is 4.74 Å². The van der Waals surface area contributed by atoms with Crippen LogP contribution in [0.1, 0.15) is 30.6 Å². The van der Waals surface area contributed by atoms with Crippen LogP contribution >= 0.6 is 0 Å². The first-order valence-corrected chi connectivity index (χ1v) is 6.52. The third-order valence-corrected chi connectivity index (χ3v) is 3.20. The van der Waals surface area contributed by atoms with Gasteiger partial charge in [-0.05, 0) is 17.9 Å². The van der Waals surface area contributed by atoms with E-state index in [0.29, 0.717) is 13.2 Å². The largest absolute Gasteiger partial charge is 0.478 e. The van der Waals surface area contributed by atoms with Gasteiger partial charge in [0.25, 0.3) is 5.69 Å². The van der Waals surface area contributed by atoms with Crippen molar-refractivity contribution >= 4 is 17.3 Å². The maximum atomic E-state index is 11.2. The molecule has 0 aliphatic heterocycles. The number of rotatable bonds is 8. The van der Waals surface area contributed by atoms with E-state index in [-0.39, 0.29) is 22.4 Å². The number of carboxylic acids is 1. The highest BCUT2D eigenvalue weighted by molar-refractivity contribution is 5.96. The van der Waals surface area contributed by atoms with Crippen molar-refractivity contribution in [2.45, 2.75) is 20.3 Å². The summed E-state index contributed by atoms with van der Waals surface area (Å²) in [4.78, 5) is 21.7. The van der Waals surface area contributed by atoms with Crippen molar-refractivity contribution in [2.75, 3.05) is 25.6 Å². The smallest absolute Gasteiger partial charge is 0.338 e. The Hall–Kier alpha value is -2.15. The summed E-state index contributed by atoms with van der Waals surface area (Å²) in [6.45, 7) is 4.93. The van der Waals surface area contributed by atoms with Crippen molar-refractivity contribution in [3.8, 4) is 0 Å². The van der Waals surface area contributed by atoms with Gasteiger partial charge in [-0.3, -0.25) is 10.1 Å². The van der Waals surface area contributed by atoms with Crippen LogP contribution in [0.3, 0.4) is 0 Å². The first kappa shape index (κ1) is 16.9. The number of nitro benzene ring substituents is 1. The monoisotopic (exact) mass is 296 g/mol. The topological polar surface area (TPSA) is 102 Å². The van der Waals surface area contributed by atoms with Crippen molar-refractivity contribution in [3.05, 3.63) is 33.9 Å². The van der Waals surface area contributed by atoms with E-state index < -0.39 is 10.9 Å². The Morgan fingerprint density at radius 2 is 2.14 bits per heavy atom. The molecule has 2 N–H and O–H groups in total. The highest BCUT2D eigenvalue weighted by atomic mass is 16.6. The predicted molar refractivity (Wildman–Crippen MR) is 78.8 cm³/mol. The number of benzene rings is 1. The van der Waals surface area contributed by atoms with Gasteiger partial charge in [0.1, 0.15) is 5.69 Å². The van der Waals surface area contributed by atoms with E-state index in [1.165, 1.54) is 18.2 Å². The van der Waals surface area contributed by atoms with Crippen LogP contribution in [0.5, 0.6) is 0 Å². The number of carboxylic acid groups (broad SMARTS) is 1. The molecule has 0 unspecified atom stereocenters. The Morgan fingerprint density at radius 1 is 1.48 bits per heavy atom. The molecule has 0 saturated carbocycles. The summed E-state index contributed by atoms with van der Waals surface area (Å²) in [7, 11) is 1.61. The standard InChI is InChI=1S/C14H20N2O5/c1-14(2,7-8-21-3)9-15-12-10(13(17)18)5-4-6-11(12)16(19)20/h4-6,15H,7-9H2,1-3H3,(H,17,18). The van der Waals surface area contributed by atoms with Gasteiger partial charge < -0.3 is 15.2 Å². The predicted octanol–water partition coefficient (Wildman–Crippen LogP) is 2.77. The van der Waals surface area contributed by atoms with Crippen molar-refractivity contribution in [1.29, 1.82) is 0 Å². The van der Waals surface area contributed by atoms with Crippen molar-refractivity contribution in [3.63, 3.8) is 0 Å². The molecule has 0 saturated heterocycles. The summed E-state index contributed by atoms with van der Waals surface area (Å²) in [5.41, 5.74) is -0.486. The summed E-state index contributed by atoms with van der Waals surface area (Å²) in [6, 6.07) is 4.00. The van der Waals surface area contributed by atoms with Gasteiger partial charge in [0.05, 0.1) is 10.5 Å². The lowest BCUT2D eigenvalue weighted by molar-refractivity contribution is -0.384. The second-order valence-electron chi connectivity index (χ2n) is 5.52. The highest BCUT2D eigenvalue weighted by Crippen LogP contribution is 2.30. The van der Waals surface area contributed by atoms with E-state index in [1.807, 2.05) is 13.8 Å². The Morgan fingerprint density at radius 3 is 2.67 bits per heavy atom. The lowest BCUT2D eigenvalue weighted by Gasteiger charge is -2.25. The van der Waals surface area contributed by atoms with Crippen LogP contribution in [0.4, 0.5) is 11.4 Å². The number of para-hydroxylation sites is 1. The van der Waals surface area contributed by atoms with Crippen molar-refractivity contribution < 1.29 is 19.6 Å². The quantitative estimate of drug-likeness (QED) is 0.565. The van der Waals surface area contributed by atoms with Gasteiger partial charge in [-0.15, -0.1) is 0 Å². The van der Waals surface area contributed by atoms with E-state index in [0.717, 1.165) is 6.42 Å². The van der Waals surface area contributed by atoms with E-state index in [2.05, 4.69) is 5.32 Å². The maximum absolute atomic E-state index is 11.2. The molecule has 116 valence electrons. The summed E-state index contributed by atoms with van der Waals surface area (Å²) in [5, 5.41) is 23.1. The summed E-state index contributed by atoms with van der Waals surface area (Å²) in [6.07, 6.45) is 0.750. The molecule has 7 nitrogen and oxygen atoms in total. The van der Waals surface area contributed by atoms with Crippen LogP contribution in [-0.4, -0.2) is 36.3 Å². The molecule has 1 aromatic rings. The first-order chi connectivity index (χ1) is 9.78. The number of nitro groups is 1. The van der Waals surface area contributed by atoms with Crippen LogP contribution < -0.4 is 5.32 Å². The molecule has 0 spiro atoms. The SMILES string of the molecule is COCCC(C)(C)CNc1c(C(=O)O)cccc1[N+](=O)[O-]. The first-order valence-electron chi connectivity index (χ1n) is 6.52. The Balaban J connectivity index is 3.00. The Kier molecular flexibility index (Phi) is 5.66. The highest BCUT2D eigenvalue weighted by Gasteiger charge is 2.24. The number of carbonyl (C=O) groups is 1. The average Bonchev–Trinajstić information content (AvgIpc) is 2.42. The number of ether oxygens (including phenoxy) is 1. The number of aromatic carboxylic acids is 1. The molecule has 1 aromatic carbocycles. The minimum absolute atomic E-state index is 0.0421. The van der Waals surface area contributed by atoms with Gasteiger partial charge in [0.15, 0.2) is 0 Å². The second-order valence-corrected chi connectivity index (χ2v) is 5.52. The number of hydrogen-bond acceptors (Lipinski definition) is 5. The van der Waals surface area contributed by atoms with Gasteiger partial charge in [0, 0.05) is 26.3 Å². The lowest BCUT2D eigenvalue weighted by Crippen LogP contribution is -2.25. The van der Waals surface area contributed by atoms with Crippen LogP contribution in [0, 0.1) is 15.5 Å². The minimum Gasteiger partial charge on any atom is -0.478 e. The summed E-state index contributed by atoms with van der Waals surface area (Å²) in [5.74, 6) is -1.20. The van der Waals surface area contributed by atoms with Gasteiger partial charge >= 0.3 is 5.97 Å². The zero-order chi connectivity index (χ0) is 16.0. The normalized spacial score (nSPS) is 11.2. The molecule has 0 aliphatic carbocycles. The molecular formula is C14H20N2O5. The molecule has 0 amide bonds. The van der Waals surface area contributed by atoms with Crippen molar-refractivity contribution in [1.82, 2.24) is 0 Å². The van der Waals surface area contributed by atoms with Gasteiger partial charge in [-0.1, -0.05) is 19.9 Å². The fraction of sp³-hybridized carbons (Fsp3) is 0.500. The number of anilines is 1. The molecule has 7 heteroatoms. The third kappa shape index (κ3) is 4.71. The molecular weight excluding hydrogens is 276 g/mol. The molecule has 0 aliphatic rings. The zero-order valence-corrected chi connectivity index (χ0v) is 12.4.